The molecule has 0 aromatic rings. The molecule has 70 valence electrons. The highest BCUT2D eigenvalue weighted by atomic mass is 16.3. The summed E-state index contributed by atoms with van der Waals surface area (Å²) in [4.78, 5) is 0. The largest absolute Gasteiger partial charge is 0.393 e. The van der Waals surface area contributed by atoms with E-state index in [-0.39, 0.29) is 6.10 Å². The molecule has 1 N–H and O–H groups in total. The highest BCUT2D eigenvalue weighted by Crippen LogP contribution is 2.64. The van der Waals surface area contributed by atoms with E-state index in [1.165, 1.54) is 12.8 Å². The minimum atomic E-state index is -0.0261. The van der Waals surface area contributed by atoms with E-state index >= 15 is 0 Å². The van der Waals surface area contributed by atoms with Crippen LogP contribution in [0.5, 0.6) is 0 Å². The zero-order chi connectivity index (χ0) is 8.93. The zero-order valence-electron chi connectivity index (χ0n) is 8.38. The SMILES string of the molecule is C[C@@H]1CC[C@@H]2[C@H](CC1O)C2(C)C. The summed E-state index contributed by atoms with van der Waals surface area (Å²) in [6.45, 7) is 6.89. The van der Waals surface area contributed by atoms with Crippen LogP contribution in [0, 0.1) is 23.2 Å². The van der Waals surface area contributed by atoms with Crippen molar-refractivity contribution < 1.29 is 5.11 Å². The number of aliphatic hydroxyl groups excluding tert-OH is 1. The number of rotatable bonds is 0. The molecule has 2 aliphatic carbocycles. The van der Waals surface area contributed by atoms with Crippen LogP contribution in [0.1, 0.15) is 40.0 Å². The van der Waals surface area contributed by atoms with Crippen LogP contribution in [0.2, 0.25) is 0 Å². The maximum Gasteiger partial charge on any atom is 0.0568 e. The molecule has 12 heavy (non-hydrogen) atoms. The lowest BCUT2D eigenvalue weighted by Gasteiger charge is -2.18. The maximum absolute atomic E-state index is 9.79. The molecule has 0 heterocycles. The van der Waals surface area contributed by atoms with Crippen LogP contribution in [0.15, 0.2) is 0 Å². The highest BCUT2D eigenvalue weighted by Gasteiger charge is 2.58. The van der Waals surface area contributed by atoms with E-state index in [1.807, 2.05) is 0 Å². The van der Waals surface area contributed by atoms with Crippen molar-refractivity contribution in [1.82, 2.24) is 0 Å². The third-order valence-corrected chi connectivity index (χ3v) is 4.37. The second-order valence-electron chi connectivity index (χ2n) is 5.39. The van der Waals surface area contributed by atoms with Gasteiger partial charge in [-0.1, -0.05) is 20.8 Å². The Balaban J connectivity index is 2.04. The monoisotopic (exact) mass is 168 g/mol. The molecular formula is C11H20O. The van der Waals surface area contributed by atoms with Crippen LogP contribution in [-0.2, 0) is 0 Å². The first kappa shape index (κ1) is 8.55. The molecule has 0 amide bonds. The van der Waals surface area contributed by atoms with Gasteiger partial charge >= 0.3 is 0 Å². The Morgan fingerprint density at radius 3 is 2.50 bits per heavy atom. The smallest absolute Gasteiger partial charge is 0.0568 e. The lowest BCUT2D eigenvalue weighted by molar-refractivity contribution is 0.0975. The minimum Gasteiger partial charge on any atom is -0.393 e. The van der Waals surface area contributed by atoms with Crippen molar-refractivity contribution in [3.63, 3.8) is 0 Å². The zero-order valence-corrected chi connectivity index (χ0v) is 8.38. The second-order valence-corrected chi connectivity index (χ2v) is 5.39. The summed E-state index contributed by atoms with van der Waals surface area (Å²) < 4.78 is 0. The van der Waals surface area contributed by atoms with E-state index in [1.54, 1.807) is 0 Å². The van der Waals surface area contributed by atoms with Crippen molar-refractivity contribution in [3.05, 3.63) is 0 Å². The first-order valence-electron chi connectivity index (χ1n) is 5.21. The molecule has 1 unspecified atom stereocenters. The number of aliphatic hydroxyl groups is 1. The van der Waals surface area contributed by atoms with Gasteiger partial charge in [0.1, 0.15) is 0 Å². The van der Waals surface area contributed by atoms with E-state index in [0.29, 0.717) is 11.3 Å². The first-order valence-corrected chi connectivity index (χ1v) is 5.21. The van der Waals surface area contributed by atoms with Crippen LogP contribution in [-0.4, -0.2) is 11.2 Å². The molecule has 0 aromatic heterocycles. The Bertz CT molecular complexity index is 185. The average molecular weight is 168 g/mol. The van der Waals surface area contributed by atoms with Crippen molar-refractivity contribution >= 4 is 0 Å². The van der Waals surface area contributed by atoms with Gasteiger partial charge in [0.2, 0.25) is 0 Å². The summed E-state index contributed by atoms with van der Waals surface area (Å²) in [5, 5.41) is 9.79. The lowest BCUT2D eigenvalue weighted by Crippen LogP contribution is -2.18. The van der Waals surface area contributed by atoms with Gasteiger partial charge in [-0.2, -0.15) is 0 Å². The lowest BCUT2D eigenvalue weighted by atomic mass is 9.93. The predicted molar refractivity (Wildman–Crippen MR) is 49.8 cm³/mol. The van der Waals surface area contributed by atoms with E-state index in [4.69, 9.17) is 0 Å². The fourth-order valence-corrected chi connectivity index (χ4v) is 3.03. The van der Waals surface area contributed by atoms with Crippen LogP contribution in [0.3, 0.4) is 0 Å². The van der Waals surface area contributed by atoms with Crippen molar-refractivity contribution in [3.8, 4) is 0 Å². The molecule has 0 spiro atoms. The summed E-state index contributed by atoms with van der Waals surface area (Å²) in [7, 11) is 0. The molecule has 2 aliphatic rings. The molecule has 2 fully saturated rings. The molecule has 2 rings (SSSR count). The quantitative estimate of drug-likeness (QED) is 0.589. The van der Waals surface area contributed by atoms with Gasteiger partial charge in [-0.3, -0.25) is 0 Å². The van der Waals surface area contributed by atoms with E-state index in [2.05, 4.69) is 20.8 Å². The average Bonchev–Trinajstić information content (AvgIpc) is 2.53. The fourth-order valence-electron chi connectivity index (χ4n) is 3.03. The first-order chi connectivity index (χ1) is 5.53. The van der Waals surface area contributed by atoms with Gasteiger partial charge in [-0.15, -0.1) is 0 Å². The third-order valence-electron chi connectivity index (χ3n) is 4.37. The number of hydrogen-bond donors (Lipinski definition) is 1. The normalized spacial score (nSPS) is 51.0. The standard InChI is InChI=1S/C11H20O/c1-7-4-5-8-9(6-10(7)12)11(8,2)3/h7-10,12H,4-6H2,1-3H3/t7-,8-,9+,10?/m1/s1. The number of fused-ring (bicyclic) bond motifs is 1. The number of hydrogen-bond acceptors (Lipinski definition) is 1. The van der Waals surface area contributed by atoms with Gasteiger partial charge in [-0.05, 0) is 42.4 Å². The fraction of sp³-hybridized carbons (Fsp3) is 1.00. The summed E-state index contributed by atoms with van der Waals surface area (Å²) in [6.07, 6.45) is 3.60. The minimum absolute atomic E-state index is 0.0261. The Hall–Kier alpha value is -0.0400. The van der Waals surface area contributed by atoms with Crippen molar-refractivity contribution in [2.75, 3.05) is 0 Å². The summed E-state index contributed by atoms with van der Waals surface area (Å²) in [5.74, 6) is 2.27. The molecule has 0 bridgehead atoms. The van der Waals surface area contributed by atoms with Crippen molar-refractivity contribution in [1.29, 1.82) is 0 Å². The third kappa shape index (κ3) is 1.10. The summed E-state index contributed by atoms with van der Waals surface area (Å²) in [5.41, 5.74) is 0.543. The Morgan fingerprint density at radius 2 is 1.83 bits per heavy atom. The molecule has 1 heteroatoms. The molecule has 1 nitrogen and oxygen atoms in total. The maximum atomic E-state index is 9.79. The molecule has 4 atom stereocenters. The van der Waals surface area contributed by atoms with Gasteiger partial charge < -0.3 is 5.11 Å². The van der Waals surface area contributed by atoms with Crippen molar-refractivity contribution in [2.24, 2.45) is 23.2 Å². The summed E-state index contributed by atoms with van der Waals surface area (Å²) >= 11 is 0. The predicted octanol–water partition coefficient (Wildman–Crippen LogP) is 2.44. The van der Waals surface area contributed by atoms with E-state index in [0.717, 1.165) is 18.3 Å². The van der Waals surface area contributed by atoms with Crippen LogP contribution < -0.4 is 0 Å². The molecular weight excluding hydrogens is 148 g/mol. The van der Waals surface area contributed by atoms with Gasteiger partial charge in [0.05, 0.1) is 6.10 Å². The van der Waals surface area contributed by atoms with Gasteiger partial charge in [0, 0.05) is 0 Å². The topological polar surface area (TPSA) is 20.2 Å². The Labute approximate surface area is 75.2 Å². The van der Waals surface area contributed by atoms with Crippen molar-refractivity contribution in [2.45, 2.75) is 46.1 Å². The van der Waals surface area contributed by atoms with Crippen LogP contribution >= 0.6 is 0 Å². The van der Waals surface area contributed by atoms with E-state index in [9.17, 15) is 5.11 Å². The highest BCUT2D eigenvalue weighted by molar-refractivity contribution is 5.07. The second kappa shape index (κ2) is 2.47. The Kier molecular flexibility index (Phi) is 1.76. The molecule has 0 radical (unpaired) electrons. The molecule has 0 aliphatic heterocycles. The Morgan fingerprint density at radius 1 is 1.17 bits per heavy atom. The van der Waals surface area contributed by atoms with Crippen LogP contribution in [0.4, 0.5) is 0 Å². The molecule has 0 aromatic carbocycles. The van der Waals surface area contributed by atoms with Gasteiger partial charge in [-0.25, -0.2) is 0 Å². The molecule has 0 saturated heterocycles. The summed E-state index contributed by atoms with van der Waals surface area (Å²) in [6, 6.07) is 0. The van der Waals surface area contributed by atoms with Crippen LogP contribution in [0.25, 0.3) is 0 Å². The van der Waals surface area contributed by atoms with Gasteiger partial charge in [0.25, 0.3) is 0 Å². The van der Waals surface area contributed by atoms with Gasteiger partial charge in [0.15, 0.2) is 0 Å². The van der Waals surface area contributed by atoms with E-state index < -0.39 is 0 Å². The molecule has 2 saturated carbocycles.